The molecular formula is C18H29IN4O2. The summed E-state index contributed by atoms with van der Waals surface area (Å²) in [6.45, 7) is 8.22. The minimum absolute atomic E-state index is 0. The van der Waals surface area contributed by atoms with E-state index >= 15 is 0 Å². The van der Waals surface area contributed by atoms with Gasteiger partial charge in [-0.25, -0.2) is 4.99 Å². The molecule has 1 aliphatic rings. The van der Waals surface area contributed by atoms with Crippen molar-refractivity contribution < 1.29 is 9.53 Å². The summed E-state index contributed by atoms with van der Waals surface area (Å²) in [5.41, 5.74) is 1.05. The van der Waals surface area contributed by atoms with Gasteiger partial charge < -0.3 is 20.7 Å². The Kier molecular flexibility index (Phi) is 9.62. The molecule has 1 fully saturated rings. The molecule has 0 aromatic heterocycles. The molecule has 2 atom stereocenters. The van der Waals surface area contributed by atoms with Crippen molar-refractivity contribution in [3.63, 3.8) is 0 Å². The van der Waals surface area contributed by atoms with Crippen molar-refractivity contribution in [2.24, 2.45) is 10.9 Å². The Bertz CT molecular complexity index is 580. The maximum atomic E-state index is 11.4. The molecule has 2 rings (SSSR count). The summed E-state index contributed by atoms with van der Waals surface area (Å²) in [5, 5.41) is 9.41. The number of benzene rings is 1. The summed E-state index contributed by atoms with van der Waals surface area (Å²) in [6.07, 6.45) is 1.20. The van der Waals surface area contributed by atoms with Gasteiger partial charge in [-0.1, -0.05) is 19.1 Å². The van der Waals surface area contributed by atoms with Crippen LogP contribution in [0.2, 0.25) is 0 Å². The Morgan fingerprint density at radius 1 is 1.28 bits per heavy atom. The molecule has 0 radical (unpaired) electrons. The molecule has 1 aromatic carbocycles. The van der Waals surface area contributed by atoms with E-state index in [1.54, 1.807) is 0 Å². The van der Waals surface area contributed by atoms with Gasteiger partial charge in [0.15, 0.2) is 12.6 Å². The molecule has 1 amide bonds. The normalized spacial score (nSPS) is 18.8. The minimum atomic E-state index is -0.113. The van der Waals surface area contributed by atoms with Crippen molar-refractivity contribution in [2.75, 3.05) is 19.7 Å². The topological polar surface area (TPSA) is 74.8 Å². The summed E-state index contributed by atoms with van der Waals surface area (Å²) in [5.74, 6) is 2.14. The molecule has 1 aromatic rings. The third-order valence-corrected chi connectivity index (χ3v) is 3.84. The number of guanidine groups is 1. The standard InChI is InChI=1S/C18H28N4O2.HI/c1-4-19-17(23)12-24-15-8-6-7-14(10-15)11-21-18(20-5-2)22-16-9-13(16)3;/h6-8,10,13,16H,4-5,9,11-12H2,1-3H3,(H,19,23)(H2,20,21,22);1H. The first-order valence-corrected chi connectivity index (χ1v) is 8.65. The van der Waals surface area contributed by atoms with Crippen molar-refractivity contribution in [2.45, 2.75) is 39.8 Å². The summed E-state index contributed by atoms with van der Waals surface area (Å²) in [4.78, 5) is 16.1. The van der Waals surface area contributed by atoms with Gasteiger partial charge in [0.25, 0.3) is 5.91 Å². The molecule has 0 heterocycles. The van der Waals surface area contributed by atoms with E-state index in [-0.39, 0.29) is 36.5 Å². The van der Waals surface area contributed by atoms with Crippen molar-refractivity contribution in [3.05, 3.63) is 29.8 Å². The van der Waals surface area contributed by atoms with Crippen LogP contribution in [0.25, 0.3) is 0 Å². The highest BCUT2D eigenvalue weighted by molar-refractivity contribution is 14.0. The first kappa shape index (κ1) is 21.5. The van der Waals surface area contributed by atoms with Crippen LogP contribution in [-0.2, 0) is 11.3 Å². The van der Waals surface area contributed by atoms with Gasteiger partial charge in [0.05, 0.1) is 6.54 Å². The van der Waals surface area contributed by atoms with Crippen LogP contribution in [0.15, 0.2) is 29.3 Å². The van der Waals surface area contributed by atoms with E-state index in [4.69, 9.17) is 4.74 Å². The van der Waals surface area contributed by atoms with E-state index in [2.05, 4.69) is 34.8 Å². The number of carbonyl (C=O) groups is 1. The molecule has 0 bridgehead atoms. The highest BCUT2D eigenvalue weighted by Crippen LogP contribution is 2.28. The molecule has 7 heteroatoms. The number of nitrogens with zero attached hydrogens (tertiary/aromatic N) is 1. The van der Waals surface area contributed by atoms with E-state index in [0.29, 0.717) is 24.9 Å². The van der Waals surface area contributed by atoms with Crippen LogP contribution in [0, 0.1) is 5.92 Å². The maximum Gasteiger partial charge on any atom is 0.257 e. The summed E-state index contributed by atoms with van der Waals surface area (Å²) >= 11 is 0. The van der Waals surface area contributed by atoms with E-state index in [1.807, 2.05) is 31.2 Å². The van der Waals surface area contributed by atoms with Crippen LogP contribution in [0.4, 0.5) is 0 Å². The van der Waals surface area contributed by atoms with Crippen LogP contribution in [-0.4, -0.2) is 37.6 Å². The predicted octanol–water partition coefficient (Wildman–Crippen LogP) is 2.28. The fraction of sp³-hybridized carbons (Fsp3) is 0.556. The van der Waals surface area contributed by atoms with Gasteiger partial charge in [-0.2, -0.15) is 0 Å². The average Bonchev–Trinajstić information content (AvgIpc) is 3.26. The van der Waals surface area contributed by atoms with E-state index in [1.165, 1.54) is 6.42 Å². The lowest BCUT2D eigenvalue weighted by Gasteiger charge is -2.11. The molecule has 6 nitrogen and oxygen atoms in total. The lowest BCUT2D eigenvalue weighted by molar-refractivity contribution is -0.122. The first-order valence-electron chi connectivity index (χ1n) is 8.65. The largest absolute Gasteiger partial charge is 0.484 e. The smallest absolute Gasteiger partial charge is 0.257 e. The molecule has 1 saturated carbocycles. The number of hydrogen-bond donors (Lipinski definition) is 3. The molecule has 0 saturated heterocycles. The van der Waals surface area contributed by atoms with Crippen molar-refractivity contribution >= 4 is 35.8 Å². The summed E-state index contributed by atoms with van der Waals surface area (Å²) in [7, 11) is 0. The number of ether oxygens (including phenoxy) is 1. The number of aliphatic imine (C=N–C) groups is 1. The van der Waals surface area contributed by atoms with E-state index in [0.717, 1.165) is 24.0 Å². The molecule has 2 unspecified atom stereocenters. The molecule has 25 heavy (non-hydrogen) atoms. The van der Waals surface area contributed by atoms with Gasteiger partial charge in [-0.3, -0.25) is 4.79 Å². The fourth-order valence-corrected chi connectivity index (χ4v) is 2.32. The quantitative estimate of drug-likeness (QED) is 0.316. The third kappa shape index (κ3) is 7.94. The zero-order valence-electron chi connectivity index (χ0n) is 15.2. The van der Waals surface area contributed by atoms with Crippen molar-refractivity contribution in [1.82, 2.24) is 16.0 Å². The highest BCUT2D eigenvalue weighted by atomic mass is 127. The lowest BCUT2D eigenvalue weighted by Crippen LogP contribution is -2.39. The Labute approximate surface area is 167 Å². The third-order valence-electron chi connectivity index (χ3n) is 3.84. The van der Waals surface area contributed by atoms with Crippen LogP contribution < -0.4 is 20.7 Å². The zero-order chi connectivity index (χ0) is 17.4. The Hall–Kier alpha value is -1.51. The SMILES string of the molecule is CCNC(=O)COc1cccc(CN=C(NCC)NC2CC2C)c1.I. The highest BCUT2D eigenvalue weighted by Gasteiger charge is 2.33. The van der Waals surface area contributed by atoms with E-state index < -0.39 is 0 Å². The zero-order valence-corrected chi connectivity index (χ0v) is 17.5. The molecule has 3 N–H and O–H groups in total. The predicted molar refractivity (Wildman–Crippen MR) is 112 cm³/mol. The Balaban J connectivity index is 0.00000312. The van der Waals surface area contributed by atoms with E-state index in [9.17, 15) is 4.79 Å². The number of carbonyl (C=O) groups excluding carboxylic acids is 1. The summed E-state index contributed by atoms with van der Waals surface area (Å²) in [6, 6.07) is 8.23. The van der Waals surface area contributed by atoms with Gasteiger partial charge >= 0.3 is 0 Å². The van der Waals surface area contributed by atoms with Crippen LogP contribution in [0.1, 0.15) is 32.8 Å². The van der Waals surface area contributed by atoms with Gasteiger partial charge in [0.1, 0.15) is 5.75 Å². The van der Waals surface area contributed by atoms with Gasteiger partial charge in [0, 0.05) is 19.1 Å². The maximum absolute atomic E-state index is 11.4. The molecule has 140 valence electrons. The number of hydrogen-bond acceptors (Lipinski definition) is 3. The minimum Gasteiger partial charge on any atom is -0.484 e. The molecule has 0 spiro atoms. The Morgan fingerprint density at radius 3 is 2.64 bits per heavy atom. The van der Waals surface area contributed by atoms with Gasteiger partial charge in [0.2, 0.25) is 0 Å². The van der Waals surface area contributed by atoms with Crippen LogP contribution in [0.3, 0.4) is 0 Å². The molecule has 0 aliphatic heterocycles. The number of likely N-dealkylation sites (N-methyl/N-ethyl adjacent to an activating group) is 1. The lowest BCUT2D eigenvalue weighted by atomic mass is 10.2. The van der Waals surface area contributed by atoms with Crippen molar-refractivity contribution in [3.8, 4) is 5.75 Å². The van der Waals surface area contributed by atoms with Crippen molar-refractivity contribution in [1.29, 1.82) is 0 Å². The second-order valence-electron chi connectivity index (χ2n) is 6.05. The van der Waals surface area contributed by atoms with Gasteiger partial charge in [-0.05, 0) is 43.9 Å². The first-order chi connectivity index (χ1) is 11.6. The average molecular weight is 460 g/mol. The number of rotatable bonds is 8. The number of halogens is 1. The fourth-order valence-electron chi connectivity index (χ4n) is 2.32. The monoisotopic (exact) mass is 460 g/mol. The number of amides is 1. The van der Waals surface area contributed by atoms with Gasteiger partial charge in [-0.15, -0.1) is 24.0 Å². The molecule has 1 aliphatic carbocycles. The molecular weight excluding hydrogens is 431 g/mol. The second-order valence-corrected chi connectivity index (χ2v) is 6.05. The summed E-state index contributed by atoms with van der Waals surface area (Å²) < 4.78 is 5.51. The van der Waals surface area contributed by atoms with Crippen LogP contribution >= 0.6 is 24.0 Å². The van der Waals surface area contributed by atoms with Crippen LogP contribution in [0.5, 0.6) is 5.75 Å². The second kappa shape index (κ2) is 11.2. The Morgan fingerprint density at radius 2 is 2.00 bits per heavy atom. The number of nitrogens with one attached hydrogen (secondary N) is 3.